The van der Waals surface area contributed by atoms with Crippen LogP contribution < -0.4 is 10.5 Å². The van der Waals surface area contributed by atoms with Crippen molar-refractivity contribution in [3.8, 4) is 5.75 Å². The highest BCUT2D eigenvalue weighted by atomic mass is 19.1. The zero-order chi connectivity index (χ0) is 10.7. The van der Waals surface area contributed by atoms with Crippen LogP contribution in [0.3, 0.4) is 0 Å². The fourth-order valence-corrected chi connectivity index (χ4v) is 1.44. The Labute approximate surface area is 87.3 Å². The third-order valence-electron chi connectivity index (χ3n) is 2.17. The van der Waals surface area contributed by atoms with Crippen LogP contribution >= 0.6 is 0 Å². The fourth-order valence-electron chi connectivity index (χ4n) is 1.44. The van der Waals surface area contributed by atoms with E-state index in [9.17, 15) is 4.39 Å². The summed E-state index contributed by atoms with van der Waals surface area (Å²) in [4.78, 5) is 0. The highest BCUT2D eigenvalue weighted by Gasteiger charge is 2.13. The predicted molar refractivity (Wildman–Crippen MR) is 54.8 cm³/mol. The molecule has 2 rings (SSSR count). The van der Waals surface area contributed by atoms with Crippen molar-refractivity contribution in [3.05, 3.63) is 35.2 Å². The molecule has 1 heterocycles. The van der Waals surface area contributed by atoms with E-state index >= 15 is 0 Å². The van der Waals surface area contributed by atoms with Gasteiger partial charge < -0.3 is 15.2 Å². The summed E-state index contributed by atoms with van der Waals surface area (Å²) in [7, 11) is 0. The molecule has 1 aromatic rings. The standard InChI is InChI=1S/C11H12FNO2/c12-10-4-9-6-14-7-15-11(9)5-8(10)2-1-3-13/h1-2,4-5H,3,6-7,13H2/b2-1+. The van der Waals surface area contributed by atoms with Gasteiger partial charge in [0.25, 0.3) is 0 Å². The highest BCUT2D eigenvalue weighted by molar-refractivity contribution is 5.55. The van der Waals surface area contributed by atoms with Crippen molar-refractivity contribution in [3.63, 3.8) is 0 Å². The van der Waals surface area contributed by atoms with Crippen LogP contribution in [0.25, 0.3) is 6.08 Å². The first-order chi connectivity index (χ1) is 7.31. The Morgan fingerprint density at radius 1 is 1.47 bits per heavy atom. The number of benzene rings is 1. The van der Waals surface area contributed by atoms with Crippen molar-refractivity contribution < 1.29 is 13.9 Å². The van der Waals surface area contributed by atoms with Gasteiger partial charge in [0, 0.05) is 17.7 Å². The molecule has 0 atom stereocenters. The first-order valence-electron chi connectivity index (χ1n) is 4.71. The molecule has 3 nitrogen and oxygen atoms in total. The number of halogens is 1. The van der Waals surface area contributed by atoms with Gasteiger partial charge in [-0.05, 0) is 12.1 Å². The number of hydrogen-bond acceptors (Lipinski definition) is 3. The minimum absolute atomic E-state index is 0.221. The lowest BCUT2D eigenvalue weighted by Gasteiger charge is -2.18. The lowest BCUT2D eigenvalue weighted by atomic mass is 10.1. The van der Waals surface area contributed by atoms with Gasteiger partial charge in [0.15, 0.2) is 6.79 Å². The van der Waals surface area contributed by atoms with Crippen molar-refractivity contribution in [2.45, 2.75) is 6.61 Å². The predicted octanol–water partition coefficient (Wildman–Crippen LogP) is 1.66. The van der Waals surface area contributed by atoms with E-state index in [1.165, 1.54) is 6.07 Å². The van der Waals surface area contributed by atoms with Crippen LogP contribution in [0.4, 0.5) is 4.39 Å². The van der Waals surface area contributed by atoms with E-state index in [-0.39, 0.29) is 12.6 Å². The number of rotatable bonds is 2. The van der Waals surface area contributed by atoms with Crippen molar-refractivity contribution in [1.29, 1.82) is 0 Å². The third kappa shape index (κ3) is 2.16. The SMILES string of the molecule is NC/C=C/c1cc2c(cc1F)COCO2. The quantitative estimate of drug-likeness (QED) is 0.805. The van der Waals surface area contributed by atoms with E-state index in [2.05, 4.69) is 0 Å². The van der Waals surface area contributed by atoms with E-state index in [0.717, 1.165) is 5.56 Å². The lowest BCUT2D eigenvalue weighted by Crippen LogP contribution is -2.11. The van der Waals surface area contributed by atoms with Gasteiger partial charge in [-0.1, -0.05) is 12.2 Å². The maximum atomic E-state index is 13.5. The zero-order valence-electron chi connectivity index (χ0n) is 8.20. The molecule has 0 radical (unpaired) electrons. The molecular formula is C11H12FNO2. The van der Waals surface area contributed by atoms with E-state index in [4.69, 9.17) is 15.2 Å². The number of ether oxygens (including phenoxy) is 2. The van der Waals surface area contributed by atoms with Crippen molar-refractivity contribution in [1.82, 2.24) is 0 Å². The van der Waals surface area contributed by atoms with Crippen LogP contribution in [-0.4, -0.2) is 13.3 Å². The molecule has 0 amide bonds. The molecule has 0 aromatic heterocycles. The lowest BCUT2D eigenvalue weighted by molar-refractivity contribution is -0.0165. The van der Waals surface area contributed by atoms with Gasteiger partial charge in [-0.25, -0.2) is 4.39 Å². The van der Waals surface area contributed by atoms with E-state index in [0.29, 0.717) is 24.5 Å². The van der Waals surface area contributed by atoms with Crippen LogP contribution in [0.2, 0.25) is 0 Å². The number of fused-ring (bicyclic) bond motifs is 1. The summed E-state index contributed by atoms with van der Waals surface area (Å²) in [5.41, 5.74) is 6.53. The van der Waals surface area contributed by atoms with Gasteiger partial charge in [0.05, 0.1) is 6.61 Å². The average molecular weight is 209 g/mol. The summed E-state index contributed by atoms with van der Waals surface area (Å²) in [5.74, 6) is 0.395. The molecule has 1 aromatic carbocycles. The molecule has 0 saturated heterocycles. The van der Waals surface area contributed by atoms with E-state index in [1.54, 1.807) is 18.2 Å². The summed E-state index contributed by atoms with van der Waals surface area (Å²) in [6, 6.07) is 3.10. The Kier molecular flexibility index (Phi) is 2.99. The second kappa shape index (κ2) is 4.42. The molecule has 2 N–H and O–H groups in total. The molecule has 80 valence electrons. The summed E-state index contributed by atoms with van der Waals surface area (Å²) >= 11 is 0. The third-order valence-corrected chi connectivity index (χ3v) is 2.17. The second-order valence-corrected chi connectivity index (χ2v) is 3.23. The molecule has 0 saturated carbocycles. The fraction of sp³-hybridized carbons (Fsp3) is 0.273. The molecule has 0 spiro atoms. The molecule has 15 heavy (non-hydrogen) atoms. The van der Waals surface area contributed by atoms with Crippen molar-refractivity contribution in [2.24, 2.45) is 5.73 Å². The normalized spacial score (nSPS) is 15.1. The van der Waals surface area contributed by atoms with Crippen molar-refractivity contribution >= 4 is 6.08 Å². The Hall–Kier alpha value is -1.39. The molecule has 0 fully saturated rings. The average Bonchev–Trinajstić information content (AvgIpc) is 2.26. The summed E-state index contributed by atoms with van der Waals surface area (Å²) in [5, 5.41) is 0. The Morgan fingerprint density at radius 2 is 2.33 bits per heavy atom. The van der Waals surface area contributed by atoms with Crippen LogP contribution in [0, 0.1) is 5.82 Å². The first kappa shape index (κ1) is 10.1. The molecular weight excluding hydrogens is 197 g/mol. The van der Waals surface area contributed by atoms with Crippen LogP contribution in [0.5, 0.6) is 5.75 Å². The van der Waals surface area contributed by atoms with Gasteiger partial charge in [0.1, 0.15) is 11.6 Å². The van der Waals surface area contributed by atoms with Gasteiger partial charge in [-0.3, -0.25) is 0 Å². The van der Waals surface area contributed by atoms with E-state index < -0.39 is 0 Å². The maximum absolute atomic E-state index is 13.5. The Balaban J connectivity index is 2.36. The molecule has 1 aliphatic heterocycles. The van der Waals surface area contributed by atoms with Gasteiger partial charge in [-0.2, -0.15) is 0 Å². The highest BCUT2D eigenvalue weighted by Crippen LogP contribution is 2.27. The van der Waals surface area contributed by atoms with Crippen LogP contribution in [0.15, 0.2) is 18.2 Å². The molecule has 0 aliphatic carbocycles. The topological polar surface area (TPSA) is 44.5 Å². The minimum atomic E-state index is -0.285. The first-order valence-corrected chi connectivity index (χ1v) is 4.71. The minimum Gasteiger partial charge on any atom is -0.467 e. The molecule has 1 aliphatic rings. The largest absolute Gasteiger partial charge is 0.467 e. The zero-order valence-corrected chi connectivity index (χ0v) is 8.20. The van der Waals surface area contributed by atoms with Gasteiger partial charge in [-0.15, -0.1) is 0 Å². The Morgan fingerprint density at radius 3 is 3.13 bits per heavy atom. The van der Waals surface area contributed by atoms with Gasteiger partial charge >= 0.3 is 0 Å². The number of hydrogen-bond donors (Lipinski definition) is 1. The number of nitrogens with two attached hydrogens (primary N) is 1. The van der Waals surface area contributed by atoms with Crippen molar-refractivity contribution in [2.75, 3.05) is 13.3 Å². The van der Waals surface area contributed by atoms with Gasteiger partial charge in [0.2, 0.25) is 0 Å². The maximum Gasteiger partial charge on any atom is 0.189 e. The summed E-state index contributed by atoms with van der Waals surface area (Å²) in [6.07, 6.45) is 3.35. The molecule has 0 bridgehead atoms. The summed E-state index contributed by atoms with van der Waals surface area (Å²) < 4.78 is 23.8. The van der Waals surface area contributed by atoms with Crippen LogP contribution in [-0.2, 0) is 11.3 Å². The smallest absolute Gasteiger partial charge is 0.189 e. The summed E-state index contributed by atoms with van der Waals surface area (Å²) in [6.45, 7) is 1.01. The monoisotopic (exact) mass is 209 g/mol. The van der Waals surface area contributed by atoms with E-state index in [1.807, 2.05) is 0 Å². The van der Waals surface area contributed by atoms with Crippen LogP contribution in [0.1, 0.15) is 11.1 Å². The molecule has 4 heteroatoms. The molecule has 0 unspecified atom stereocenters. The second-order valence-electron chi connectivity index (χ2n) is 3.23. The Bertz CT molecular complexity index is 390.